The van der Waals surface area contributed by atoms with Crippen molar-refractivity contribution in [1.29, 1.82) is 0 Å². The molecular formula is C15H30NO3+. The van der Waals surface area contributed by atoms with Crippen LogP contribution in [0.15, 0.2) is 0 Å². The number of likely N-dealkylation sites (tertiary alicyclic amines) is 1. The SMILES string of the molecule is CCCCO[C@@H]1CC[N+](OC)([C@@H]2CCCC[C@H]2O)C1. The molecule has 0 radical (unpaired) electrons. The van der Waals surface area contributed by atoms with Gasteiger partial charge in [0.1, 0.15) is 31.3 Å². The van der Waals surface area contributed by atoms with Crippen LogP contribution in [0.4, 0.5) is 0 Å². The third kappa shape index (κ3) is 3.48. The van der Waals surface area contributed by atoms with Gasteiger partial charge in [-0.1, -0.05) is 19.8 Å². The van der Waals surface area contributed by atoms with E-state index in [1.807, 2.05) is 0 Å². The number of unbranched alkanes of at least 4 members (excludes halogenated alkanes) is 1. The quantitative estimate of drug-likeness (QED) is 0.595. The summed E-state index contributed by atoms with van der Waals surface area (Å²) in [6, 6.07) is 0.249. The van der Waals surface area contributed by atoms with Crippen molar-refractivity contribution in [2.24, 2.45) is 0 Å². The second kappa shape index (κ2) is 7.02. The van der Waals surface area contributed by atoms with Gasteiger partial charge < -0.3 is 9.84 Å². The monoisotopic (exact) mass is 272 g/mol. The van der Waals surface area contributed by atoms with Crippen LogP contribution in [0.1, 0.15) is 51.9 Å². The molecule has 0 bridgehead atoms. The van der Waals surface area contributed by atoms with E-state index in [-0.39, 0.29) is 12.1 Å². The minimum atomic E-state index is -0.205. The van der Waals surface area contributed by atoms with Gasteiger partial charge in [0.15, 0.2) is 0 Å². The van der Waals surface area contributed by atoms with Crippen LogP contribution in [0, 0.1) is 0 Å². The predicted molar refractivity (Wildman–Crippen MR) is 74.5 cm³/mol. The third-order valence-corrected chi connectivity index (χ3v) is 4.86. The third-order valence-electron chi connectivity index (χ3n) is 4.86. The molecule has 4 heteroatoms. The summed E-state index contributed by atoms with van der Waals surface area (Å²) in [5.41, 5.74) is 0. The average molecular weight is 272 g/mol. The Morgan fingerprint density at radius 2 is 2.00 bits per heavy atom. The fraction of sp³-hybridized carbons (Fsp3) is 1.00. The number of aliphatic hydroxyl groups excluding tert-OH is 1. The van der Waals surface area contributed by atoms with Gasteiger partial charge in [-0.25, -0.2) is 4.84 Å². The fourth-order valence-corrected chi connectivity index (χ4v) is 3.66. The number of hydrogen-bond acceptors (Lipinski definition) is 3. The topological polar surface area (TPSA) is 38.7 Å². The Hall–Kier alpha value is -0.160. The lowest BCUT2D eigenvalue weighted by molar-refractivity contribution is -1.11. The zero-order valence-corrected chi connectivity index (χ0v) is 12.5. The van der Waals surface area contributed by atoms with Gasteiger partial charge in [-0.3, -0.25) is 0 Å². The first-order valence-electron chi connectivity index (χ1n) is 7.94. The molecule has 4 atom stereocenters. The van der Waals surface area contributed by atoms with E-state index < -0.39 is 0 Å². The van der Waals surface area contributed by atoms with Gasteiger partial charge in [-0.05, 0) is 19.3 Å². The summed E-state index contributed by atoms with van der Waals surface area (Å²) in [7, 11) is 1.79. The van der Waals surface area contributed by atoms with E-state index in [0.29, 0.717) is 10.8 Å². The summed E-state index contributed by atoms with van der Waals surface area (Å²) in [4.78, 5) is 5.84. The highest BCUT2D eigenvalue weighted by atomic mass is 16.7. The number of ether oxygens (including phenoxy) is 1. The van der Waals surface area contributed by atoms with Gasteiger partial charge in [-0.2, -0.15) is 4.65 Å². The van der Waals surface area contributed by atoms with Crippen LogP contribution < -0.4 is 0 Å². The van der Waals surface area contributed by atoms with Gasteiger partial charge in [-0.15, -0.1) is 0 Å². The molecule has 0 aromatic heterocycles. The summed E-state index contributed by atoms with van der Waals surface area (Å²) < 4.78 is 6.56. The van der Waals surface area contributed by atoms with Crippen LogP contribution >= 0.6 is 0 Å². The smallest absolute Gasteiger partial charge is 0.145 e. The lowest BCUT2D eigenvalue weighted by Gasteiger charge is -2.41. The van der Waals surface area contributed by atoms with Crippen LogP contribution in [0.5, 0.6) is 0 Å². The normalized spacial score (nSPS) is 39.6. The predicted octanol–water partition coefficient (Wildman–Crippen LogP) is 2.26. The second-order valence-electron chi connectivity index (χ2n) is 6.10. The molecule has 1 saturated heterocycles. The highest BCUT2D eigenvalue weighted by molar-refractivity contribution is 4.78. The van der Waals surface area contributed by atoms with Crippen molar-refractivity contribution in [1.82, 2.24) is 0 Å². The Bertz CT molecular complexity index is 274. The van der Waals surface area contributed by atoms with Gasteiger partial charge in [0.25, 0.3) is 0 Å². The Kier molecular flexibility index (Phi) is 5.63. The maximum atomic E-state index is 10.3. The Labute approximate surface area is 117 Å². The van der Waals surface area contributed by atoms with Crippen molar-refractivity contribution >= 4 is 0 Å². The van der Waals surface area contributed by atoms with Crippen molar-refractivity contribution < 1.29 is 19.3 Å². The van der Waals surface area contributed by atoms with Gasteiger partial charge in [0, 0.05) is 19.4 Å². The molecular weight excluding hydrogens is 242 g/mol. The highest BCUT2D eigenvalue weighted by Crippen LogP contribution is 2.34. The van der Waals surface area contributed by atoms with Crippen LogP contribution in [-0.2, 0) is 9.57 Å². The molecule has 1 aliphatic carbocycles. The number of quaternary nitrogens is 1. The van der Waals surface area contributed by atoms with Gasteiger partial charge in [0.2, 0.25) is 0 Å². The molecule has 0 amide bonds. The average Bonchev–Trinajstić information content (AvgIpc) is 2.84. The zero-order chi connectivity index (χ0) is 13.7. The second-order valence-corrected chi connectivity index (χ2v) is 6.10. The first-order chi connectivity index (χ1) is 9.22. The molecule has 1 saturated carbocycles. The lowest BCUT2D eigenvalue weighted by Crippen LogP contribution is -2.59. The Morgan fingerprint density at radius 3 is 2.68 bits per heavy atom. The molecule has 4 nitrogen and oxygen atoms in total. The number of aliphatic hydroxyl groups is 1. The summed E-state index contributed by atoms with van der Waals surface area (Å²) in [5, 5.41) is 10.3. The van der Waals surface area contributed by atoms with E-state index in [9.17, 15) is 5.11 Å². The van der Waals surface area contributed by atoms with E-state index >= 15 is 0 Å². The molecule has 1 heterocycles. The largest absolute Gasteiger partial charge is 0.387 e. The molecule has 112 valence electrons. The van der Waals surface area contributed by atoms with Crippen molar-refractivity contribution in [3.8, 4) is 0 Å². The molecule has 1 aliphatic heterocycles. The minimum absolute atomic E-state index is 0.205. The molecule has 1 N–H and O–H groups in total. The van der Waals surface area contributed by atoms with E-state index in [1.165, 1.54) is 12.8 Å². The van der Waals surface area contributed by atoms with Crippen LogP contribution in [0.2, 0.25) is 0 Å². The summed E-state index contributed by atoms with van der Waals surface area (Å²) in [6.45, 7) is 4.93. The molecule has 2 aliphatic rings. The van der Waals surface area contributed by atoms with Crippen molar-refractivity contribution in [2.75, 3.05) is 26.8 Å². The fourth-order valence-electron chi connectivity index (χ4n) is 3.66. The molecule has 2 fully saturated rings. The molecule has 0 spiro atoms. The van der Waals surface area contributed by atoms with Gasteiger partial charge in [0.05, 0.1) is 7.11 Å². The van der Waals surface area contributed by atoms with Crippen molar-refractivity contribution in [2.45, 2.75) is 70.1 Å². The van der Waals surface area contributed by atoms with Crippen molar-refractivity contribution in [3.05, 3.63) is 0 Å². The van der Waals surface area contributed by atoms with Crippen molar-refractivity contribution in [3.63, 3.8) is 0 Å². The van der Waals surface area contributed by atoms with E-state index in [4.69, 9.17) is 9.57 Å². The molecule has 2 rings (SSSR count). The first-order valence-corrected chi connectivity index (χ1v) is 7.94. The number of rotatable bonds is 6. The minimum Gasteiger partial charge on any atom is -0.387 e. The number of hydrogen-bond donors (Lipinski definition) is 1. The lowest BCUT2D eigenvalue weighted by atomic mass is 9.91. The van der Waals surface area contributed by atoms with Gasteiger partial charge >= 0.3 is 0 Å². The number of nitrogens with zero attached hydrogens (tertiary/aromatic N) is 1. The molecule has 0 aromatic rings. The Morgan fingerprint density at radius 1 is 1.21 bits per heavy atom. The Balaban J connectivity index is 1.92. The highest BCUT2D eigenvalue weighted by Gasteiger charge is 2.49. The van der Waals surface area contributed by atoms with E-state index in [2.05, 4.69) is 6.92 Å². The zero-order valence-electron chi connectivity index (χ0n) is 12.5. The van der Waals surface area contributed by atoms with E-state index in [1.54, 1.807) is 7.11 Å². The molecule has 19 heavy (non-hydrogen) atoms. The summed E-state index contributed by atoms with van der Waals surface area (Å²) in [5.74, 6) is 0. The molecule has 1 unspecified atom stereocenters. The first kappa shape index (κ1) is 15.2. The maximum absolute atomic E-state index is 10.3. The number of hydroxylamine groups is 3. The van der Waals surface area contributed by atoms with E-state index in [0.717, 1.165) is 51.8 Å². The summed E-state index contributed by atoms with van der Waals surface area (Å²) in [6.07, 6.45) is 7.84. The maximum Gasteiger partial charge on any atom is 0.145 e. The van der Waals surface area contributed by atoms with Crippen LogP contribution in [0.3, 0.4) is 0 Å². The standard InChI is InChI=1S/C15H30NO3/c1-3-4-11-19-13-9-10-16(12-13,18-2)14-7-5-6-8-15(14)17/h13-15,17H,3-12H2,1-2H3/q+1/t13-,14-,15-,16?/m1/s1. The summed E-state index contributed by atoms with van der Waals surface area (Å²) >= 11 is 0. The molecule has 0 aromatic carbocycles. The van der Waals surface area contributed by atoms with Crippen LogP contribution in [-0.4, -0.2) is 54.8 Å². The van der Waals surface area contributed by atoms with Crippen LogP contribution in [0.25, 0.3) is 0 Å².